The molecule has 3 aromatic carbocycles. The second-order valence-electron chi connectivity index (χ2n) is 6.98. The van der Waals surface area contributed by atoms with Gasteiger partial charge in [0.15, 0.2) is 18.1 Å². The molecule has 0 bridgehead atoms. The average molecular weight is 430 g/mol. The Morgan fingerprint density at radius 3 is 2.31 bits per heavy atom. The zero-order chi connectivity index (χ0) is 22.3. The Balaban J connectivity index is 1.66. The number of ether oxygens (including phenoxy) is 3. The number of ketones is 1. The van der Waals surface area contributed by atoms with Gasteiger partial charge in [-0.3, -0.25) is 4.79 Å². The van der Waals surface area contributed by atoms with Crippen molar-refractivity contribution < 1.29 is 23.5 Å². The van der Waals surface area contributed by atoms with Gasteiger partial charge in [0.1, 0.15) is 12.4 Å². The molecule has 0 spiro atoms. The van der Waals surface area contributed by atoms with Crippen LogP contribution in [0.1, 0.15) is 21.8 Å². The third kappa shape index (κ3) is 4.95. The van der Waals surface area contributed by atoms with Gasteiger partial charge in [0, 0.05) is 18.1 Å². The number of Topliss-reactive ketones (excluding diaryl/α,β-unsaturated/α-hetero) is 1. The van der Waals surface area contributed by atoms with Gasteiger partial charge in [0.25, 0.3) is 0 Å². The molecule has 0 saturated heterocycles. The summed E-state index contributed by atoms with van der Waals surface area (Å²) in [7, 11) is 1.54. The minimum absolute atomic E-state index is 0.154. The van der Waals surface area contributed by atoms with Gasteiger partial charge >= 0.3 is 0 Å². The summed E-state index contributed by atoms with van der Waals surface area (Å²) >= 11 is 0. The van der Waals surface area contributed by atoms with Crippen LogP contribution in [0.2, 0.25) is 0 Å². The second kappa shape index (κ2) is 9.78. The van der Waals surface area contributed by atoms with Gasteiger partial charge in [0.05, 0.1) is 7.11 Å². The van der Waals surface area contributed by atoms with Crippen molar-refractivity contribution in [1.29, 1.82) is 0 Å². The average Bonchev–Trinajstić information content (AvgIpc) is 3.28. The highest BCUT2D eigenvalue weighted by atomic mass is 16.5. The molecule has 0 amide bonds. The lowest BCUT2D eigenvalue weighted by atomic mass is 10.0. The van der Waals surface area contributed by atoms with Crippen molar-refractivity contribution in [2.24, 2.45) is 0 Å². The number of aryl methyl sites for hydroxylation is 1. The normalized spacial score (nSPS) is 10.6. The fourth-order valence-electron chi connectivity index (χ4n) is 3.14. The first-order valence-electron chi connectivity index (χ1n) is 10.0. The van der Waals surface area contributed by atoms with Crippen LogP contribution in [-0.2, 0) is 6.61 Å². The lowest BCUT2D eigenvalue weighted by Gasteiger charge is -2.15. The van der Waals surface area contributed by atoms with Gasteiger partial charge in [-0.05, 0) is 29.8 Å². The fraction of sp³-hybridized carbons (Fsp3) is 0.160. The van der Waals surface area contributed by atoms with Gasteiger partial charge < -0.3 is 18.7 Å². The second-order valence-corrected chi connectivity index (χ2v) is 6.98. The summed E-state index contributed by atoms with van der Waals surface area (Å²) in [6.45, 7) is 1.86. The molecule has 0 radical (unpaired) electrons. The summed E-state index contributed by atoms with van der Waals surface area (Å²) in [6.07, 6.45) is 0. The molecular weight excluding hydrogens is 408 g/mol. The minimum atomic E-state index is -0.251. The highest BCUT2D eigenvalue weighted by Crippen LogP contribution is 2.36. The highest BCUT2D eigenvalue weighted by Gasteiger charge is 2.22. The van der Waals surface area contributed by atoms with E-state index in [9.17, 15) is 4.79 Å². The number of methoxy groups -OCH3 is 1. The topological polar surface area (TPSA) is 83.7 Å². The van der Waals surface area contributed by atoms with Crippen molar-refractivity contribution in [3.05, 3.63) is 89.8 Å². The van der Waals surface area contributed by atoms with Crippen molar-refractivity contribution in [3.8, 4) is 28.6 Å². The maximum atomic E-state index is 13.1. The van der Waals surface area contributed by atoms with Gasteiger partial charge in [-0.1, -0.05) is 53.7 Å². The van der Waals surface area contributed by atoms with Crippen LogP contribution in [0.25, 0.3) is 11.4 Å². The molecule has 7 nitrogen and oxygen atoms in total. The highest BCUT2D eigenvalue weighted by molar-refractivity contribution is 6.03. The number of hydrogen-bond donors (Lipinski definition) is 0. The SMILES string of the molecule is COc1cc(-c2noc(C)n2)c(C(=O)COc2ccccc2)cc1OCc1ccccc1. The van der Waals surface area contributed by atoms with Crippen LogP contribution in [0.15, 0.2) is 77.3 Å². The van der Waals surface area contributed by atoms with Crippen LogP contribution in [0.4, 0.5) is 0 Å². The van der Waals surface area contributed by atoms with Gasteiger partial charge in [0.2, 0.25) is 17.5 Å². The molecule has 0 saturated carbocycles. The van der Waals surface area contributed by atoms with Crippen molar-refractivity contribution >= 4 is 5.78 Å². The summed E-state index contributed by atoms with van der Waals surface area (Å²) in [6, 6.07) is 22.2. The van der Waals surface area contributed by atoms with E-state index in [1.165, 1.54) is 7.11 Å². The molecule has 0 N–H and O–H groups in total. The summed E-state index contributed by atoms with van der Waals surface area (Å²) in [5.74, 6) is 1.92. The number of carbonyl (C=O) groups excluding carboxylic acids is 1. The number of para-hydroxylation sites is 1. The Morgan fingerprint density at radius 2 is 1.66 bits per heavy atom. The van der Waals surface area contributed by atoms with Crippen molar-refractivity contribution in [2.75, 3.05) is 13.7 Å². The molecular formula is C25H22N2O5. The van der Waals surface area contributed by atoms with Crippen LogP contribution >= 0.6 is 0 Å². The van der Waals surface area contributed by atoms with E-state index in [0.717, 1.165) is 5.56 Å². The first kappa shape index (κ1) is 21.1. The van der Waals surface area contributed by atoms with Crippen LogP contribution in [0.5, 0.6) is 17.2 Å². The zero-order valence-electron chi connectivity index (χ0n) is 17.8. The van der Waals surface area contributed by atoms with E-state index in [0.29, 0.717) is 46.7 Å². The number of carbonyl (C=O) groups is 1. The number of aromatic nitrogens is 2. The Kier molecular flexibility index (Phi) is 6.46. The van der Waals surface area contributed by atoms with Gasteiger partial charge in [-0.15, -0.1) is 0 Å². The first-order chi connectivity index (χ1) is 15.6. The van der Waals surface area contributed by atoms with Crippen molar-refractivity contribution in [1.82, 2.24) is 10.1 Å². The molecule has 1 heterocycles. The molecule has 0 aliphatic heterocycles. The molecule has 0 fully saturated rings. The van der Waals surface area contributed by atoms with E-state index in [1.807, 2.05) is 48.5 Å². The van der Waals surface area contributed by atoms with Crippen LogP contribution < -0.4 is 14.2 Å². The van der Waals surface area contributed by atoms with E-state index < -0.39 is 0 Å². The molecule has 1 aromatic heterocycles. The fourth-order valence-corrected chi connectivity index (χ4v) is 3.14. The van der Waals surface area contributed by atoms with Crippen LogP contribution in [-0.4, -0.2) is 29.6 Å². The molecule has 32 heavy (non-hydrogen) atoms. The molecule has 0 unspecified atom stereocenters. The summed E-state index contributed by atoms with van der Waals surface area (Å²) in [5.41, 5.74) is 1.82. The first-order valence-corrected chi connectivity index (χ1v) is 10.0. The molecule has 4 rings (SSSR count). The lowest BCUT2D eigenvalue weighted by Crippen LogP contribution is -2.13. The van der Waals surface area contributed by atoms with E-state index in [4.69, 9.17) is 18.7 Å². The van der Waals surface area contributed by atoms with Gasteiger partial charge in [-0.25, -0.2) is 0 Å². The third-order valence-corrected chi connectivity index (χ3v) is 4.72. The summed E-state index contributed by atoms with van der Waals surface area (Å²) in [5, 5.41) is 3.97. The Morgan fingerprint density at radius 1 is 0.938 bits per heavy atom. The number of benzene rings is 3. The molecule has 0 atom stereocenters. The standard InChI is InChI=1S/C25H22N2O5/c1-17-26-25(27-32-17)21-14-23(29-2)24(31-15-18-9-5-3-6-10-18)13-20(21)22(28)16-30-19-11-7-4-8-12-19/h3-14H,15-16H2,1-2H3. The van der Waals surface area contributed by atoms with Crippen LogP contribution in [0.3, 0.4) is 0 Å². The van der Waals surface area contributed by atoms with E-state index >= 15 is 0 Å². The number of nitrogens with zero attached hydrogens (tertiary/aromatic N) is 2. The quantitative estimate of drug-likeness (QED) is 0.349. The molecule has 0 aliphatic carbocycles. The third-order valence-electron chi connectivity index (χ3n) is 4.72. The monoisotopic (exact) mass is 430 g/mol. The lowest BCUT2D eigenvalue weighted by molar-refractivity contribution is 0.0921. The van der Waals surface area contributed by atoms with Crippen molar-refractivity contribution in [2.45, 2.75) is 13.5 Å². The zero-order valence-corrected chi connectivity index (χ0v) is 17.8. The molecule has 162 valence electrons. The Bertz CT molecular complexity index is 1190. The number of hydrogen-bond acceptors (Lipinski definition) is 7. The van der Waals surface area contributed by atoms with E-state index in [2.05, 4.69) is 10.1 Å². The maximum absolute atomic E-state index is 13.1. The maximum Gasteiger partial charge on any atom is 0.223 e. The smallest absolute Gasteiger partial charge is 0.223 e. The summed E-state index contributed by atoms with van der Waals surface area (Å²) in [4.78, 5) is 17.4. The number of rotatable bonds is 9. The molecule has 4 aromatic rings. The van der Waals surface area contributed by atoms with Crippen LogP contribution in [0, 0.1) is 6.92 Å². The summed E-state index contributed by atoms with van der Waals surface area (Å²) < 4.78 is 22.3. The van der Waals surface area contributed by atoms with E-state index in [-0.39, 0.29) is 12.4 Å². The van der Waals surface area contributed by atoms with E-state index in [1.54, 1.807) is 31.2 Å². The molecule has 0 aliphatic rings. The Labute approximate surface area is 185 Å². The Hall–Kier alpha value is -4.13. The predicted octanol–water partition coefficient (Wildman–Crippen LogP) is 4.89. The van der Waals surface area contributed by atoms with Gasteiger partial charge in [-0.2, -0.15) is 4.98 Å². The predicted molar refractivity (Wildman–Crippen MR) is 118 cm³/mol. The molecule has 7 heteroatoms. The largest absolute Gasteiger partial charge is 0.493 e. The van der Waals surface area contributed by atoms with Crippen molar-refractivity contribution in [3.63, 3.8) is 0 Å². The minimum Gasteiger partial charge on any atom is -0.493 e.